The van der Waals surface area contributed by atoms with E-state index < -0.39 is 5.91 Å². The molecule has 0 atom stereocenters. The summed E-state index contributed by atoms with van der Waals surface area (Å²) < 4.78 is 6.94. The molecule has 1 aliphatic heterocycles. The highest BCUT2D eigenvalue weighted by Gasteiger charge is 2.19. The molecule has 4 N–H and O–H groups in total. The van der Waals surface area contributed by atoms with E-state index in [0.717, 1.165) is 53.4 Å². The van der Waals surface area contributed by atoms with Crippen molar-refractivity contribution in [2.75, 3.05) is 43.4 Å². The van der Waals surface area contributed by atoms with Crippen molar-refractivity contribution in [1.29, 1.82) is 0 Å². The van der Waals surface area contributed by atoms with Gasteiger partial charge in [0.05, 0.1) is 22.0 Å². The molecule has 172 valence electrons. The summed E-state index contributed by atoms with van der Waals surface area (Å²) in [5, 5.41) is 4.01. The van der Waals surface area contributed by atoms with E-state index in [0.29, 0.717) is 22.1 Å². The number of primary amides is 1. The van der Waals surface area contributed by atoms with Gasteiger partial charge in [0.1, 0.15) is 16.8 Å². The third-order valence-electron chi connectivity index (χ3n) is 5.67. The van der Waals surface area contributed by atoms with Gasteiger partial charge in [0, 0.05) is 31.7 Å². The van der Waals surface area contributed by atoms with Crippen molar-refractivity contribution >= 4 is 55.3 Å². The van der Waals surface area contributed by atoms with E-state index in [1.165, 1.54) is 11.3 Å². The number of anilines is 3. The van der Waals surface area contributed by atoms with Crippen LogP contribution in [0.5, 0.6) is 5.75 Å². The maximum Gasteiger partial charge on any atom is 0.248 e. The number of hydrogen-bond acceptors (Lipinski definition) is 8. The monoisotopic (exact) mass is 465 g/mol. The smallest absolute Gasteiger partial charge is 0.248 e. The van der Waals surface area contributed by atoms with Crippen molar-refractivity contribution in [3.63, 3.8) is 0 Å². The lowest BCUT2D eigenvalue weighted by atomic mass is 10.1. The Bertz CT molecular complexity index is 1320. The Morgan fingerprint density at radius 2 is 1.94 bits per heavy atom. The molecule has 0 saturated carbocycles. The molecule has 0 radical (unpaired) electrons. The van der Waals surface area contributed by atoms with Crippen LogP contribution in [-0.4, -0.2) is 65.1 Å². The molecule has 2 aromatic heterocycles. The summed E-state index contributed by atoms with van der Waals surface area (Å²) in [5.41, 5.74) is 9.20. The van der Waals surface area contributed by atoms with Crippen molar-refractivity contribution in [2.24, 2.45) is 5.73 Å². The van der Waals surface area contributed by atoms with Crippen LogP contribution in [0.1, 0.15) is 24.2 Å². The van der Waals surface area contributed by atoms with Gasteiger partial charge >= 0.3 is 0 Å². The summed E-state index contributed by atoms with van der Waals surface area (Å²) in [7, 11) is 2.14. The number of nitrogens with one attached hydrogen (secondary N) is 2. The number of nitrogens with zero attached hydrogens (tertiary/aromatic N) is 4. The van der Waals surface area contributed by atoms with Crippen LogP contribution >= 0.6 is 11.3 Å². The first kappa shape index (κ1) is 21.5. The highest BCUT2D eigenvalue weighted by Crippen LogP contribution is 2.36. The number of piperazine rings is 1. The van der Waals surface area contributed by atoms with Crippen LogP contribution in [0.15, 0.2) is 30.3 Å². The number of ether oxygens (including phenoxy) is 1. The van der Waals surface area contributed by atoms with E-state index in [1.54, 1.807) is 18.2 Å². The second kappa shape index (κ2) is 8.53. The molecule has 1 amide bonds. The number of H-pyrrole nitrogens is 1. The van der Waals surface area contributed by atoms with E-state index in [1.807, 2.05) is 19.9 Å². The predicted octanol–water partition coefficient (Wildman–Crippen LogP) is 3.55. The van der Waals surface area contributed by atoms with Gasteiger partial charge in [-0.25, -0.2) is 9.97 Å². The third kappa shape index (κ3) is 4.31. The molecule has 1 aliphatic rings. The average Bonchev–Trinajstić information content (AvgIpc) is 3.38. The molecular formula is C23H27N7O2S. The van der Waals surface area contributed by atoms with Crippen molar-refractivity contribution in [1.82, 2.24) is 19.9 Å². The highest BCUT2D eigenvalue weighted by atomic mass is 32.1. The van der Waals surface area contributed by atoms with Gasteiger partial charge < -0.3 is 30.6 Å². The Morgan fingerprint density at radius 1 is 1.15 bits per heavy atom. The number of benzene rings is 2. The number of imidazole rings is 1. The molecule has 0 bridgehead atoms. The van der Waals surface area contributed by atoms with Crippen molar-refractivity contribution in [3.8, 4) is 5.75 Å². The number of carbonyl (C=O) groups is 1. The van der Waals surface area contributed by atoms with E-state index >= 15 is 0 Å². The minimum atomic E-state index is -0.492. The summed E-state index contributed by atoms with van der Waals surface area (Å²) in [5.74, 6) is 1.03. The summed E-state index contributed by atoms with van der Waals surface area (Å²) in [4.78, 5) is 29.5. The molecule has 33 heavy (non-hydrogen) atoms. The van der Waals surface area contributed by atoms with Crippen LogP contribution < -0.4 is 20.7 Å². The molecule has 1 saturated heterocycles. The number of amides is 1. The van der Waals surface area contributed by atoms with Gasteiger partial charge in [-0.2, -0.15) is 0 Å². The minimum absolute atomic E-state index is 0.0166. The first-order valence-electron chi connectivity index (χ1n) is 11.0. The lowest BCUT2D eigenvalue weighted by molar-refractivity contribution is 0.100. The number of hydrogen-bond donors (Lipinski definition) is 3. The van der Waals surface area contributed by atoms with Crippen molar-refractivity contribution in [2.45, 2.75) is 20.0 Å². The fraction of sp³-hybridized carbons (Fsp3) is 0.348. The van der Waals surface area contributed by atoms with Crippen LogP contribution in [0.2, 0.25) is 0 Å². The fourth-order valence-electron chi connectivity index (χ4n) is 3.92. The van der Waals surface area contributed by atoms with Gasteiger partial charge in [-0.1, -0.05) is 11.3 Å². The number of aromatic amines is 1. The Kier molecular flexibility index (Phi) is 5.55. The Labute approximate surface area is 195 Å². The molecule has 10 heteroatoms. The number of thiazole rings is 1. The van der Waals surface area contributed by atoms with Crippen LogP contribution in [0, 0.1) is 0 Å². The molecule has 0 unspecified atom stereocenters. The molecular weight excluding hydrogens is 438 g/mol. The van der Waals surface area contributed by atoms with Gasteiger partial charge in [0.2, 0.25) is 11.9 Å². The molecule has 0 spiro atoms. The summed E-state index contributed by atoms with van der Waals surface area (Å²) in [6.07, 6.45) is -0.0166. The van der Waals surface area contributed by atoms with E-state index in [2.05, 4.69) is 33.2 Å². The Balaban J connectivity index is 1.49. The zero-order valence-corrected chi connectivity index (χ0v) is 19.7. The molecule has 3 heterocycles. The first-order valence-corrected chi connectivity index (χ1v) is 11.8. The fourth-order valence-corrected chi connectivity index (χ4v) is 4.80. The Morgan fingerprint density at radius 3 is 2.67 bits per heavy atom. The van der Waals surface area contributed by atoms with Crippen molar-refractivity contribution in [3.05, 3.63) is 35.9 Å². The van der Waals surface area contributed by atoms with Gasteiger partial charge in [-0.3, -0.25) is 4.79 Å². The number of likely N-dealkylation sites (N-methyl/N-ethyl adjacent to an activating group) is 1. The lowest BCUT2D eigenvalue weighted by Gasteiger charge is -2.32. The predicted molar refractivity (Wildman–Crippen MR) is 133 cm³/mol. The Hall–Kier alpha value is -3.37. The maximum atomic E-state index is 11.7. The van der Waals surface area contributed by atoms with Crippen LogP contribution in [0.25, 0.3) is 21.3 Å². The number of fused-ring (bicyclic) bond motifs is 3. The minimum Gasteiger partial charge on any atom is -0.489 e. The summed E-state index contributed by atoms with van der Waals surface area (Å²) >= 11 is 1.53. The van der Waals surface area contributed by atoms with Crippen LogP contribution in [0.4, 0.5) is 16.8 Å². The summed E-state index contributed by atoms with van der Waals surface area (Å²) in [6, 6.07) is 9.22. The first-order chi connectivity index (χ1) is 15.9. The molecule has 5 rings (SSSR count). The quantitative estimate of drug-likeness (QED) is 0.399. The number of nitrogens with two attached hydrogens (primary N) is 1. The lowest BCUT2D eigenvalue weighted by Crippen LogP contribution is -2.44. The SMILES string of the molecule is CC(C)Oc1ccc(C(N)=O)cc1Nc1nc2c(ccc3[nH]c(N4CCN(C)CC4)nc32)s1. The highest BCUT2D eigenvalue weighted by molar-refractivity contribution is 7.22. The molecule has 0 aliphatic carbocycles. The zero-order valence-electron chi connectivity index (χ0n) is 18.9. The van der Waals surface area contributed by atoms with Gasteiger partial charge in [0.15, 0.2) is 5.13 Å². The molecule has 2 aromatic carbocycles. The average molecular weight is 466 g/mol. The largest absolute Gasteiger partial charge is 0.489 e. The summed E-state index contributed by atoms with van der Waals surface area (Å²) in [6.45, 7) is 7.83. The molecule has 9 nitrogen and oxygen atoms in total. The second-order valence-electron chi connectivity index (χ2n) is 8.55. The van der Waals surface area contributed by atoms with E-state index in [4.69, 9.17) is 20.4 Å². The van der Waals surface area contributed by atoms with Gasteiger partial charge in [-0.15, -0.1) is 0 Å². The second-order valence-corrected chi connectivity index (χ2v) is 9.58. The topological polar surface area (TPSA) is 112 Å². The molecule has 1 fully saturated rings. The number of rotatable bonds is 6. The van der Waals surface area contributed by atoms with Gasteiger partial charge in [-0.05, 0) is 51.2 Å². The van der Waals surface area contributed by atoms with Crippen LogP contribution in [0.3, 0.4) is 0 Å². The number of carbonyl (C=O) groups excluding carboxylic acids is 1. The third-order valence-corrected chi connectivity index (χ3v) is 6.61. The van der Waals surface area contributed by atoms with E-state index in [-0.39, 0.29) is 6.10 Å². The van der Waals surface area contributed by atoms with Crippen LogP contribution in [-0.2, 0) is 0 Å². The van der Waals surface area contributed by atoms with Gasteiger partial charge in [0.25, 0.3) is 0 Å². The van der Waals surface area contributed by atoms with E-state index in [9.17, 15) is 4.79 Å². The molecule has 4 aromatic rings. The number of aromatic nitrogens is 3. The standard InChI is InChI=1S/C23H27N7O2S/c1-13(2)32-17-6-4-14(21(24)31)12-16(17)26-23-28-20-18(33-23)7-5-15-19(20)27-22(25-15)30-10-8-29(3)9-11-30/h4-7,12-13H,8-11H2,1-3H3,(H2,24,31)(H,25,27)(H,26,28). The maximum absolute atomic E-state index is 11.7. The van der Waals surface area contributed by atoms with Crippen molar-refractivity contribution < 1.29 is 9.53 Å². The zero-order chi connectivity index (χ0) is 23.1. The normalized spacial score (nSPS) is 15.0.